The van der Waals surface area contributed by atoms with Gasteiger partial charge < -0.3 is 14.9 Å². The molecule has 3 rings (SSSR count). The Labute approximate surface area is 157 Å². The first kappa shape index (κ1) is 18.3. The molecule has 5 nitrogen and oxygen atoms in total. The molecule has 0 aliphatic carbocycles. The van der Waals surface area contributed by atoms with Crippen molar-refractivity contribution in [3.8, 4) is 5.75 Å². The normalized spacial score (nSPS) is 16.5. The lowest BCUT2D eigenvalue weighted by molar-refractivity contribution is -0.134. The lowest BCUT2D eigenvalue weighted by Crippen LogP contribution is -2.46. The molecule has 2 aromatic carbocycles. The van der Waals surface area contributed by atoms with E-state index in [-0.39, 0.29) is 23.1 Å². The van der Waals surface area contributed by atoms with Gasteiger partial charge in [-0.15, -0.1) is 0 Å². The average Bonchev–Trinajstić information content (AvgIpc) is 3.12. The van der Waals surface area contributed by atoms with Gasteiger partial charge in [-0.1, -0.05) is 41.9 Å². The fourth-order valence-electron chi connectivity index (χ4n) is 3.29. The van der Waals surface area contributed by atoms with E-state index < -0.39 is 6.04 Å². The van der Waals surface area contributed by atoms with Crippen molar-refractivity contribution in [3.63, 3.8) is 0 Å². The summed E-state index contributed by atoms with van der Waals surface area (Å²) in [6.45, 7) is 0.886. The molecule has 1 aliphatic heterocycles. The van der Waals surface area contributed by atoms with Gasteiger partial charge in [0.1, 0.15) is 11.8 Å². The molecule has 0 saturated carbocycles. The van der Waals surface area contributed by atoms with Crippen LogP contribution in [0.15, 0.2) is 48.5 Å². The molecule has 1 atom stereocenters. The molecule has 136 valence electrons. The first-order valence-electron chi connectivity index (χ1n) is 8.56. The zero-order valence-electron chi connectivity index (χ0n) is 14.6. The molecule has 1 saturated heterocycles. The highest BCUT2D eigenvalue weighted by Gasteiger charge is 2.36. The molecule has 0 bridgehead atoms. The quantitative estimate of drug-likeness (QED) is 0.895. The largest absolute Gasteiger partial charge is 0.507 e. The van der Waals surface area contributed by atoms with E-state index in [1.165, 1.54) is 6.07 Å². The summed E-state index contributed by atoms with van der Waals surface area (Å²) in [5.41, 5.74) is 1.09. The van der Waals surface area contributed by atoms with Crippen LogP contribution in [0.4, 0.5) is 0 Å². The molecule has 0 radical (unpaired) electrons. The van der Waals surface area contributed by atoms with E-state index in [1.54, 1.807) is 41.1 Å². The number of para-hydroxylation sites is 1. The second-order valence-electron chi connectivity index (χ2n) is 6.46. The highest BCUT2D eigenvalue weighted by Crippen LogP contribution is 2.26. The number of rotatable bonds is 4. The Morgan fingerprint density at radius 1 is 1.19 bits per heavy atom. The van der Waals surface area contributed by atoms with E-state index in [0.717, 1.165) is 12.0 Å². The van der Waals surface area contributed by atoms with Gasteiger partial charge in [0.2, 0.25) is 5.91 Å². The summed E-state index contributed by atoms with van der Waals surface area (Å²) in [6, 6.07) is 13.3. The van der Waals surface area contributed by atoms with Crippen LogP contribution in [0.25, 0.3) is 0 Å². The smallest absolute Gasteiger partial charge is 0.258 e. The van der Waals surface area contributed by atoms with Crippen molar-refractivity contribution in [2.45, 2.75) is 25.4 Å². The van der Waals surface area contributed by atoms with Crippen LogP contribution in [0.3, 0.4) is 0 Å². The maximum Gasteiger partial charge on any atom is 0.258 e. The summed E-state index contributed by atoms with van der Waals surface area (Å²) in [5, 5.41) is 10.6. The Hall–Kier alpha value is -2.53. The minimum Gasteiger partial charge on any atom is -0.507 e. The maximum absolute atomic E-state index is 12.9. The second-order valence-corrected chi connectivity index (χ2v) is 6.87. The van der Waals surface area contributed by atoms with E-state index in [9.17, 15) is 14.7 Å². The van der Waals surface area contributed by atoms with E-state index in [1.807, 2.05) is 18.2 Å². The van der Waals surface area contributed by atoms with Crippen LogP contribution >= 0.6 is 11.6 Å². The number of phenols is 1. The minimum atomic E-state index is -0.519. The fraction of sp³-hybridized carbons (Fsp3) is 0.300. The summed E-state index contributed by atoms with van der Waals surface area (Å²) >= 11 is 6.18. The molecule has 2 aromatic rings. The van der Waals surface area contributed by atoms with Crippen LogP contribution in [-0.2, 0) is 11.3 Å². The van der Waals surface area contributed by atoms with Gasteiger partial charge in [-0.05, 0) is 36.6 Å². The Bertz CT molecular complexity index is 824. The predicted molar refractivity (Wildman–Crippen MR) is 100 cm³/mol. The number of amides is 2. The van der Waals surface area contributed by atoms with Crippen LogP contribution in [0.1, 0.15) is 28.8 Å². The number of nitrogens with zero attached hydrogens (tertiary/aromatic N) is 2. The number of likely N-dealkylation sites (tertiary alicyclic amines) is 1. The molecule has 1 aliphatic rings. The molecule has 26 heavy (non-hydrogen) atoms. The molecule has 0 aromatic heterocycles. The first-order chi connectivity index (χ1) is 12.5. The second kappa shape index (κ2) is 7.79. The number of halogens is 1. The van der Waals surface area contributed by atoms with Crippen LogP contribution < -0.4 is 0 Å². The van der Waals surface area contributed by atoms with Gasteiger partial charge in [0.15, 0.2) is 0 Å². The van der Waals surface area contributed by atoms with E-state index in [0.29, 0.717) is 24.5 Å². The van der Waals surface area contributed by atoms with E-state index in [4.69, 9.17) is 11.6 Å². The summed E-state index contributed by atoms with van der Waals surface area (Å²) in [5.74, 6) is -0.503. The fourth-order valence-corrected chi connectivity index (χ4v) is 3.49. The predicted octanol–water partition coefficient (Wildman–Crippen LogP) is 3.31. The number of hydrogen-bond acceptors (Lipinski definition) is 3. The Morgan fingerprint density at radius 2 is 1.88 bits per heavy atom. The van der Waals surface area contributed by atoms with Gasteiger partial charge in [-0.2, -0.15) is 0 Å². The van der Waals surface area contributed by atoms with Crippen LogP contribution in [0.2, 0.25) is 5.02 Å². The van der Waals surface area contributed by atoms with Crippen LogP contribution in [0, 0.1) is 0 Å². The number of carbonyl (C=O) groups is 2. The van der Waals surface area contributed by atoms with Gasteiger partial charge in [0.05, 0.1) is 5.56 Å². The average molecular weight is 373 g/mol. The van der Waals surface area contributed by atoms with Gasteiger partial charge >= 0.3 is 0 Å². The third-order valence-corrected chi connectivity index (χ3v) is 5.04. The van der Waals surface area contributed by atoms with E-state index in [2.05, 4.69) is 0 Å². The lowest BCUT2D eigenvalue weighted by atomic mass is 10.1. The van der Waals surface area contributed by atoms with Gasteiger partial charge in [-0.3, -0.25) is 9.59 Å². The topological polar surface area (TPSA) is 60.9 Å². The minimum absolute atomic E-state index is 0.0694. The Morgan fingerprint density at radius 3 is 2.62 bits per heavy atom. The molecule has 1 heterocycles. The van der Waals surface area contributed by atoms with Gasteiger partial charge in [0, 0.05) is 25.2 Å². The molecule has 1 fully saturated rings. The number of likely N-dealkylation sites (N-methyl/N-ethyl adjacent to an activating group) is 1. The van der Waals surface area contributed by atoms with Crippen molar-refractivity contribution in [1.82, 2.24) is 9.80 Å². The Balaban J connectivity index is 1.75. The SMILES string of the molecule is CN(Cc1ccccc1Cl)C(=O)C1CCCN1C(=O)c1ccccc1O. The molecular weight excluding hydrogens is 352 g/mol. The lowest BCUT2D eigenvalue weighted by Gasteiger charge is -2.28. The van der Waals surface area contributed by atoms with Crippen LogP contribution in [-0.4, -0.2) is 46.4 Å². The highest BCUT2D eigenvalue weighted by molar-refractivity contribution is 6.31. The number of phenolic OH excluding ortho intramolecular Hbond substituents is 1. The summed E-state index contributed by atoms with van der Waals surface area (Å²) in [4.78, 5) is 28.9. The number of aromatic hydroxyl groups is 1. The highest BCUT2D eigenvalue weighted by atomic mass is 35.5. The van der Waals surface area contributed by atoms with Crippen molar-refractivity contribution in [2.75, 3.05) is 13.6 Å². The van der Waals surface area contributed by atoms with E-state index >= 15 is 0 Å². The van der Waals surface area contributed by atoms with Crippen molar-refractivity contribution in [2.24, 2.45) is 0 Å². The molecular formula is C20H21ClN2O3. The third kappa shape index (κ3) is 3.68. The number of hydrogen-bond donors (Lipinski definition) is 1. The van der Waals surface area contributed by atoms with Crippen molar-refractivity contribution >= 4 is 23.4 Å². The number of carbonyl (C=O) groups excluding carboxylic acids is 2. The molecule has 0 spiro atoms. The summed E-state index contributed by atoms with van der Waals surface area (Å²) in [7, 11) is 1.71. The zero-order valence-corrected chi connectivity index (χ0v) is 15.3. The first-order valence-corrected chi connectivity index (χ1v) is 8.94. The monoisotopic (exact) mass is 372 g/mol. The molecule has 6 heteroatoms. The standard InChI is InChI=1S/C20H21ClN2O3/c1-22(13-14-7-2-4-9-16(14)21)20(26)17-10-6-12-23(17)19(25)15-8-3-5-11-18(15)24/h2-5,7-9,11,17,24H,6,10,12-13H2,1H3. The van der Waals surface area contributed by atoms with Crippen molar-refractivity contribution in [1.29, 1.82) is 0 Å². The third-order valence-electron chi connectivity index (χ3n) is 4.67. The van der Waals surface area contributed by atoms with Crippen molar-refractivity contribution in [3.05, 3.63) is 64.7 Å². The van der Waals surface area contributed by atoms with Crippen molar-refractivity contribution < 1.29 is 14.7 Å². The molecule has 1 unspecified atom stereocenters. The molecule has 1 N–H and O–H groups in total. The molecule has 2 amide bonds. The Kier molecular flexibility index (Phi) is 5.47. The maximum atomic E-state index is 12.9. The van der Waals surface area contributed by atoms with Gasteiger partial charge in [-0.25, -0.2) is 0 Å². The van der Waals surface area contributed by atoms with Crippen LogP contribution in [0.5, 0.6) is 5.75 Å². The summed E-state index contributed by atoms with van der Waals surface area (Å²) in [6.07, 6.45) is 1.38. The number of benzene rings is 2. The zero-order chi connectivity index (χ0) is 18.7. The summed E-state index contributed by atoms with van der Waals surface area (Å²) < 4.78 is 0. The van der Waals surface area contributed by atoms with Gasteiger partial charge in [0.25, 0.3) is 5.91 Å².